The molecular formula is C18H40O. The van der Waals surface area contributed by atoms with Crippen molar-refractivity contribution in [1.29, 1.82) is 0 Å². The molecule has 1 N–H and O–H groups in total. The van der Waals surface area contributed by atoms with Gasteiger partial charge in [-0.2, -0.15) is 0 Å². The molecule has 19 heavy (non-hydrogen) atoms. The first kappa shape index (κ1) is 21.3. The van der Waals surface area contributed by atoms with Crippen LogP contribution in [0.5, 0.6) is 0 Å². The Balaban J connectivity index is 0. The van der Waals surface area contributed by atoms with Crippen molar-refractivity contribution in [2.45, 2.75) is 98.8 Å². The fraction of sp³-hybridized carbons (Fsp3) is 1.00. The van der Waals surface area contributed by atoms with Crippen LogP contribution in [0.25, 0.3) is 0 Å². The molecule has 0 radical (unpaired) electrons. The monoisotopic (exact) mass is 272 g/mol. The summed E-state index contributed by atoms with van der Waals surface area (Å²) in [4.78, 5) is 0. The third kappa shape index (κ3) is 14.2. The molecule has 0 heterocycles. The van der Waals surface area contributed by atoms with Crippen LogP contribution in [0.1, 0.15) is 98.8 Å². The first-order valence-electron chi connectivity index (χ1n) is 8.93. The minimum Gasteiger partial charge on any atom is -0.396 e. The van der Waals surface area contributed by atoms with Gasteiger partial charge >= 0.3 is 0 Å². The molecule has 0 amide bonds. The van der Waals surface area contributed by atoms with Gasteiger partial charge in [-0.3, -0.25) is 0 Å². The number of hydrogen-bond donors (Lipinski definition) is 1. The first-order valence-corrected chi connectivity index (χ1v) is 8.93. The average Bonchev–Trinajstić information content (AvgIpc) is 2.53. The van der Waals surface area contributed by atoms with Crippen molar-refractivity contribution in [2.24, 2.45) is 11.8 Å². The second-order valence-corrected chi connectivity index (χ2v) is 5.43. The fourth-order valence-corrected chi connectivity index (χ4v) is 2.68. The smallest absolute Gasteiger partial charge is 0.0459 e. The lowest BCUT2D eigenvalue weighted by Crippen LogP contribution is -2.09. The molecule has 0 saturated heterocycles. The van der Waals surface area contributed by atoms with E-state index in [1.807, 2.05) is 27.7 Å². The van der Waals surface area contributed by atoms with Crippen LogP contribution in [0.4, 0.5) is 0 Å². The molecule has 118 valence electrons. The van der Waals surface area contributed by atoms with Gasteiger partial charge in [-0.1, -0.05) is 86.0 Å². The first-order chi connectivity index (χ1) is 9.33. The molecule has 1 nitrogen and oxygen atoms in total. The minimum atomic E-state index is 0.417. The molecule has 1 heteroatoms. The molecule has 0 bridgehead atoms. The Kier molecular flexibility index (Phi) is 20.1. The summed E-state index contributed by atoms with van der Waals surface area (Å²) in [6.45, 7) is 10.8. The Morgan fingerprint density at radius 1 is 0.684 bits per heavy atom. The van der Waals surface area contributed by atoms with Crippen molar-refractivity contribution in [1.82, 2.24) is 0 Å². The third-order valence-corrected chi connectivity index (χ3v) is 3.88. The normalized spacial score (nSPS) is 19.9. The summed E-state index contributed by atoms with van der Waals surface area (Å²) in [5.41, 5.74) is 0. The minimum absolute atomic E-state index is 0.417. The molecule has 0 spiro atoms. The van der Waals surface area contributed by atoms with Crippen LogP contribution in [0.3, 0.4) is 0 Å². The molecule has 2 fully saturated rings. The van der Waals surface area contributed by atoms with E-state index in [1.165, 1.54) is 64.2 Å². The van der Waals surface area contributed by atoms with Gasteiger partial charge in [0.1, 0.15) is 0 Å². The van der Waals surface area contributed by atoms with Crippen LogP contribution >= 0.6 is 0 Å². The summed E-state index contributed by atoms with van der Waals surface area (Å²) in [7, 11) is 0. The molecule has 0 aromatic heterocycles. The van der Waals surface area contributed by atoms with Gasteiger partial charge in [0.2, 0.25) is 0 Å². The molecular weight excluding hydrogens is 232 g/mol. The van der Waals surface area contributed by atoms with Gasteiger partial charge in [-0.05, 0) is 24.7 Å². The highest BCUT2D eigenvalue weighted by molar-refractivity contribution is 4.63. The number of hydrogen-bond acceptors (Lipinski definition) is 1. The molecule has 0 unspecified atom stereocenters. The summed E-state index contributed by atoms with van der Waals surface area (Å²) in [6, 6.07) is 0. The number of aliphatic hydroxyl groups excluding tert-OH is 1. The van der Waals surface area contributed by atoms with E-state index in [9.17, 15) is 0 Å². The van der Waals surface area contributed by atoms with E-state index in [0.29, 0.717) is 12.5 Å². The zero-order chi connectivity index (χ0) is 14.9. The van der Waals surface area contributed by atoms with Gasteiger partial charge in [-0.25, -0.2) is 0 Å². The highest BCUT2D eigenvalue weighted by Gasteiger charge is 2.10. The lowest BCUT2D eigenvalue weighted by Gasteiger charge is -2.18. The number of aliphatic hydroxyl groups is 1. The molecule has 2 aliphatic rings. The Morgan fingerprint density at radius 2 is 1.05 bits per heavy atom. The summed E-state index contributed by atoms with van der Waals surface area (Å²) < 4.78 is 0. The Morgan fingerprint density at radius 3 is 1.26 bits per heavy atom. The van der Waals surface area contributed by atoms with Gasteiger partial charge < -0.3 is 5.11 Å². The van der Waals surface area contributed by atoms with Crippen molar-refractivity contribution < 1.29 is 5.11 Å². The molecule has 0 aromatic rings. The van der Waals surface area contributed by atoms with Crippen LogP contribution in [-0.4, -0.2) is 11.7 Å². The summed E-state index contributed by atoms with van der Waals surface area (Å²) >= 11 is 0. The SMILES string of the molecule is CC.CC.CC1CCCCC1.OCC1CCCCC1. The molecule has 2 rings (SSSR count). The van der Waals surface area contributed by atoms with E-state index in [-0.39, 0.29) is 0 Å². The van der Waals surface area contributed by atoms with Crippen molar-refractivity contribution in [2.75, 3.05) is 6.61 Å². The quantitative estimate of drug-likeness (QED) is 0.602. The molecule has 0 aliphatic heterocycles. The van der Waals surface area contributed by atoms with E-state index >= 15 is 0 Å². The molecule has 2 aliphatic carbocycles. The predicted molar refractivity (Wildman–Crippen MR) is 88.6 cm³/mol. The fourth-order valence-electron chi connectivity index (χ4n) is 2.68. The second-order valence-electron chi connectivity index (χ2n) is 5.43. The molecule has 0 atom stereocenters. The maximum absolute atomic E-state index is 8.69. The van der Waals surface area contributed by atoms with Crippen molar-refractivity contribution in [3.63, 3.8) is 0 Å². The standard InChI is InChI=1S/C7H14O.C7H14.2C2H6/c8-6-7-4-2-1-3-5-7;1-7-5-3-2-4-6-7;2*1-2/h7-8H,1-6H2;7H,2-6H2,1H3;2*1-2H3. The van der Waals surface area contributed by atoms with Gasteiger partial charge in [0.15, 0.2) is 0 Å². The van der Waals surface area contributed by atoms with Gasteiger partial charge in [0.25, 0.3) is 0 Å². The summed E-state index contributed by atoms with van der Waals surface area (Å²) in [5, 5.41) is 8.69. The van der Waals surface area contributed by atoms with Crippen LogP contribution in [0.2, 0.25) is 0 Å². The molecule has 2 saturated carbocycles. The Bertz CT molecular complexity index is 133. The van der Waals surface area contributed by atoms with Crippen molar-refractivity contribution >= 4 is 0 Å². The lowest BCUT2D eigenvalue weighted by molar-refractivity contribution is 0.190. The second kappa shape index (κ2) is 18.0. The highest BCUT2D eigenvalue weighted by atomic mass is 16.3. The van der Waals surface area contributed by atoms with E-state index in [1.54, 1.807) is 0 Å². The van der Waals surface area contributed by atoms with E-state index in [0.717, 1.165) is 5.92 Å². The summed E-state index contributed by atoms with van der Waals surface area (Å²) in [5.74, 6) is 1.68. The van der Waals surface area contributed by atoms with Crippen LogP contribution < -0.4 is 0 Å². The lowest BCUT2D eigenvalue weighted by atomic mass is 9.90. The van der Waals surface area contributed by atoms with Gasteiger partial charge in [-0.15, -0.1) is 0 Å². The van der Waals surface area contributed by atoms with Crippen molar-refractivity contribution in [3.05, 3.63) is 0 Å². The zero-order valence-corrected chi connectivity index (χ0v) is 14.4. The average molecular weight is 273 g/mol. The van der Waals surface area contributed by atoms with Crippen LogP contribution in [-0.2, 0) is 0 Å². The van der Waals surface area contributed by atoms with Gasteiger partial charge in [0, 0.05) is 6.61 Å². The number of rotatable bonds is 1. The Hall–Kier alpha value is -0.0400. The topological polar surface area (TPSA) is 20.2 Å². The Labute approximate surface area is 123 Å². The van der Waals surface area contributed by atoms with Crippen LogP contribution in [0, 0.1) is 11.8 Å². The van der Waals surface area contributed by atoms with E-state index in [4.69, 9.17) is 5.11 Å². The largest absolute Gasteiger partial charge is 0.396 e. The molecule has 0 aromatic carbocycles. The third-order valence-electron chi connectivity index (χ3n) is 3.88. The predicted octanol–water partition coefficient (Wildman–Crippen LogP) is 6.20. The highest BCUT2D eigenvalue weighted by Crippen LogP contribution is 2.22. The van der Waals surface area contributed by atoms with Crippen LogP contribution in [0.15, 0.2) is 0 Å². The van der Waals surface area contributed by atoms with E-state index < -0.39 is 0 Å². The van der Waals surface area contributed by atoms with Crippen molar-refractivity contribution in [3.8, 4) is 0 Å². The van der Waals surface area contributed by atoms with Gasteiger partial charge in [0.05, 0.1) is 0 Å². The summed E-state index contributed by atoms with van der Waals surface area (Å²) in [6.07, 6.45) is 14.0. The maximum atomic E-state index is 8.69. The zero-order valence-electron chi connectivity index (χ0n) is 14.4. The van der Waals surface area contributed by atoms with E-state index in [2.05, 4.69) is 6.92 Å². The maximum Gasteiger partial charge on any atom is 0.0459 e.